The highest BCUT2D eigenvalue weighted by Crippen LogP contribution is 2.18. The summed E-state index contributed by atoms with van der Waals surface area (Å²) >= 11 is 0. The van der Waals surface area contributed by atoms with Crippen molar-refractivity contribution in [2.24, 2.45) is 4.99 Å². The molecule has 124 valence electrons. The molecule has 0 aliphatic carbocycles. The summed E-state index contributed by atoms with van der Waals surface area (Å²) in [6.07, 6.45) is 0.878. The van der Waals surface area contributed by atoms with E-state index < -0.39 is 0 Å². The van der Waals surface area contributed by atoms with Gasteiger partial charge in [-0.15, -0.1) is 0 Å². The predicted octanol–water partition coefficient (Wildman–Crippen LogP) is 1.67. The number of hydrogen-bond acceptors (Lipinski definition) is 4. The molecule has 0 atom stereocenters. The van der Waals surface area contributed by atoms with Crippen LogP contribution in [0.4, 0.5) is 0 Å². The third-order valence-corrected chi connectivity index (χ3v) is 2.89. The van der Waals surface area contributed by atoms with Gasteiger partial charge in [-0.25, -0.2) is 0 Å². The molecule has 0 heterocycles. The van der Waals surface area contributed by atoms with Crippen LogP contribution < -0.4 is 20.1 Å². The fourth-order valence-electron chi connectivity index (χ4n) is 1.77. The van der Waals surface area contributed by atoms with E-state index in [-0.39, 0.29) is 0 Å². The number of methoxy groups -OCH3 is 1. The Morgan fingerprint density at radius 2 is 1.91 bits per heavy atom. The van der Waals surface area contributed by atoms with Crippen molar-refractivity contribution >= 4 is 5.96 Å². The van der Waals surface area contributed by atoms with Gasteiger partial charge >= 0.3 is 0 Å². The zero-order chi connectivity index (χ0) is 16.0. The van der Waals surface area contributed by atoms with E-state index in [0.29, 0.717) is 13.2 Å². The largest absolute Gasteiger partial charge is 0.497 e. The maximum atomic E-state index is 5.68. The molecule has 1 aromatic rings. The van der Waals surface area contributed by atoms with E-state index in [4.69, 9.17) is 14.2 Å². The molecular weight excluding hydrogens is 282 g/mol. The minimum absolute atomic E-state index is 0.635. The van der Waals surface area contributed by atoms with Crippen molar-refractivity contribution in [1.29, 1.82) is 0 Å². The van der Waals surface area contributed by atoms with Crippen molar-refractivity contribution in [3.05, 3.63) is 24.3 Å². The molecule has 0 amide bonds. The molecule has 0 bridgehead atoms. The number of benzene rings is 1. The Balaban J connectivity index is 2.13. The summed E-state index contributed by atoms with van der Waals surface area (Å²) < 4.78 is 16.1. The summed E-state index contributed by atoms with van der Waals surface area (Å²) in [5, 5.41) is 6.42. The van der Waals surface area contributed by atoms with Gasteiger partial charge in [0.1, 0.15) is 11.5 Å². The third kappa shape index (κ3) is 7.73. The van der Waals surface area contributed by atoms with Gasteiger partial charge < -0.3 is 24.8 Å². The van der Waals surface area contributed by atoms with Crippen LogP contribution in [-0.2, 0) is 4.74 Å². The topological polar surface area (TPSA) is 64.1 Å². The monoisotopic (exact) mass is 309 g/mol. The Kier molecular flexibility index (Phi) is 9.61. The van der Waals surface area contributed by atoms with Gasteiger partial charge in [-0.05, 0) is 25.5 Å². The van der Waals surface area contributed by atoms with Crippen LogP contribution in [0.5, 0.6) is 11.5 Å². The average molecular weight is 309 g/mol. The van der Waals surface area contributed by atoms with Crippen LogP contribution in [0.1, 0.15) is 13.3 Å². The highest BCUT2D eigenvalue weighted by atomic mass is 16.5. The molecule has 1 rings (SSSR count). The number of rotatable bonds is 10. The first kappa shape index (κ1) is 18.1. The molecule has 0 spiro atoms. The van der Waals surface area contributed by atoms with Gasteiger partial charge in [0.25, 0.3) is 0 Å². The van der Waals surface area contributed by atoms with Crippen molar-refractivity contribution in [2.75, 3.05) is 47.1 Å². The Morgan fingerprint density at radius 3 is 2.64 bits per heavy atom. The average Bonchev–Trinajstić information content (AvgIpc) is 2.56. The molecule has 0 aliphatic rings. The van der Waals surface area contributed by atoms with Crippen molar-refractivity contribution < 1.29 is 14.2 Å². The van der Waals surface area contributed by atoms with E-state index in [1.807, 2.05) is 31.2 Å². The van der Waals surface area contributed by atoms with Crippen molar-refractivity contribution in [3.8, 4) is 11.5 Å². The Hall–Kier alpha value is -1.95. The molecule has 0 unspecified atom stereocenters. The summed E-state index contributed by atoms with van der Waals surface area (Å²) in [5.74, 6) is 2.40. The number of aliphatic imine (C=N–C) groups is 1. The molecular formula is C16H27N3O3. The van der Waals surface area contributed by atoms with Crippen LogP contribution >= 0.6 is 0 Å². The molecule has 0 fully saturated rings. The SMILES string of the molecule is CCOCCNC(=NC)NCCCOc1cccc(OC)c1. The molecule has 2 N–H and O–H groups in total. The minimum Gasteiger partial charge on any atom is -0.497 e. The van der Waals surface area contributed by atoms with Gasteiger partial charge in [0.15, 0.2) is 5.96 Å². The van der Waals surface area contributed by atoms with E-state index in [1.54, 1.807) is 14.2 Å². The van der Waals surface area contributed by atoms with Crippen LogP contribution in [0.3, 0.4) is 0 Å². The lowest BCUT2D eigenvalue weighted by Gasteiger charge is -2.12. The standard InChI is InChI=1S/C16H27N3O3/c1-4-21-12-10-19-16(17-2)18-9-6-11-22-15-8-5-7-14(13-15)20-3/h5,7-8,13H,4,6,9-12H2,1-3H3,(H2,17,18,19). The van der Waals surface area contributed by atoms with Crippen LogP contribution in [0.25, 0.3) is 0 Å². The molecule has 6 nitrogen and oxygen atoms in total. The fraction of sp³-hybridized carbons (Fsp3) is 0.562. The van der Waals surface area contributed by atoms with E-state index >= 15 is 0 Å². The lowest BCUT2D eigenvalue weighted by atomic mass is 10.3. The lowest BCUT2D eigenvalue weighted by Crippen LogP contribution is -2.39. The summed E-state index contributed by atoms with van der Waals surface area (Å²) in [5.41, 5.74) is 0. The van der Waals surface area contributed by atoms with Gasteiger partial charge in [-0.1, -0.05) is 6.07 Å². The fourth-order valence-corrected chi connectivity index (χ4v) is 1.77. The van der Waals surface area contributed by atoms with E-state index in [9.17, 15) is 0 Å². The van der Waals surface area contributed by atoms with Gasteiger partial charge in [0.05, 0.1) is 20.3 Å². The number of guanidine groups is 1. The zero-order valence-electron chi connectivity index (χ0n) is 13.7. The van der Waals surface area contributed by atoms with Crippen LogP contribution in [-0.4, -0.2) is 53.0 Å². The van der Waals surface area contributed by atoms with Crippen molar-refractivity contribution in [2.45, 2.75) is 13.3 Å². The Labute approximate surface area is 132 Å². The van der Waals surface area contributed by atoms with E-state index in [2.05, 4.69) is 15.6 Å². The maximum Gasteiger partial charge on any atom is 0.191 e. The minimum atomic E-state index is 0.635. The second kappa shape index (κ2) is 11.7. The third-order valence-electron chi connectivity index (χ3n) is 2.89. The second-order valence-corrected chi connectivity index (χ2v) is 4.50. The van der Waals surface area contributed by atoms with Gasteiger partial charge in [0.2, 0.25) is 0 Å². The van der Waals surface area contributed by atoms with Gasteiger partial charge in [-0.2, -0.15) is 0 Å². The molecule has 22 heavy (non-hydrogen) atoms. The number of hydrogen-bond donors (Lipinski definition) is 2. The molecule has 0 saturated heterocycles. The first-order valence-corrected chi connectivity index (χ1v) is 7.59. The molecule has 0 aromatic heterocycles. The number of ether oxygens (including phenoxy) is 3. The first-order valence-electron chi connectivity index (χ1n) is 7.59. The van der Waals surface area contributed by atoms with Crippen LogP contribution in [0.2, 0.25) is 0 Å². The second-order valence-electron chi connectivity index (χ2n) is 4.50. The quantitative estimate of drug-likeness (QED) is 0.391. The Bertz CT molecular complexity index is 438. The predicted molar refractivity (Wildman–Crippen MR) is 89.0 cm³/mol. The van der Waals surface area contributed by atoms with Crippen LogP contribution in [0, 0.1) is 0 Å². The van der Waals surface area contributed by atoms with Gasteiger partial charge in [-0.3, -0.25) is 4.99 Å². The van der Waals surface area contributed by atoms with Crippen LogP contribution in [0.15, 0.2) is 29.3 Å². The maximum absolute atomic E-state index is 5.68. The van der Waals surface area contributed by atoms with Crippen molar-refractivity contribution in [1.82, 2.24) is 10.6 Å². The Morgan fingerprint density at radius 1 is 1.14 bits per heavy atom. The molecule has 1 aromatic carbocycles. The molecule has 0 aliphatic heterocycles. The van der Waals surface area contributed by atoms with Gasteiger partial charge in [0, 0.05) is 32.8 Å². The van der Waals surface area contributed by atoms with E-state index in [0.717, 1.165) is 43.6 Å². The summed E-state index contributed by atoms with van der Waals surface area (Å²) in [6.45, 7) is 5.56. The molecule has 0 radical (unpaired) electrons. The van der Waals surface area contributed by atoms with E-state index in [1.165, 1.54) is 0 Å². The smallest absolute Gasteiger partial charge is 0.191 e. The number of nitrogens with zero attached hydrogens (tertiary/aromatic N) is 1. The molecule has 6 heteroatoms. The van der Waals surface area contributed by atoms with Crippen molar-refractivity contribution in [3.63, 3.8) is 0 Å². The normalized spacial score (nSPS) is 11.1. The highest BCUT2D eigenvalue weighted by molar-refractivity contribution is 5.79. The molecule has 0 saturated carbocycles. The lowest BCUT2D eigenvalue weighted by molar-refractivity contribution is 0.152. The first-order chi connectivity index (χ1) is 10.8. The number of nitrogens with one attached hydrogen (secondary N) is 2. The summed E-state index contributed by atoms with van der Waals surface area (Å²) in [7, 11) is 3.40. The highest BCUT2D eigenvalue weighted by Gasteiger charge is 1.98. The summed E-state index contributed by atoms with van der Waals surface area (Å²) in [6, 6.07) is 7.61. The summed E-state index contributed by atoms with van der Waals surface area (Å²) in [4.78, 5) is 4.15. The zero-order valence-corrected chi connectivity index (χ0v) is 13.7.